The number of carbonyl (C=O) groups excluding carboxylic acids is 1. The average Bonchev–Trinajstić information content (AvgIpc) is 2.00. The lowest BCUT2D eigenvalue weighted by atomic mass is 9.78. The molecule has 0 aromatic heterocycles. The van der Waals surface area contributed by atoms with Gasteiger partial charge in [0.05, 0.1) is 6.61 Å². The van der Waals surface area contributed by atoms with Crippen LogP contribution in [0.2, 0.25) is 0 Å². The van der Waals surface area contributed by atoms with Crippen LogP contribution in [0.4, 0.5) is 0 Å². The largest absolute Gasteiger partial charge is 0.459 e. The Hall–Kier alpha value is -0.610. The van der Waals surface area contributed by atoms with E-state index in [1.165, 1.54) is 0 Å². The molecule has 0 aromatic carbocycles. The zero-order chi connectivity index (χ0) is 9.90. The van der Waals surface area contributed by atoms with Crippen molar-refractivity contribution in [1.82, 2.24) is 0 Å². The summed E-state index contributed by atoms with van der Waals surface area (Å²) in [6.07, 6.45) is 2.29. The first-order chi connectivity index (χ1) is 6.08. The highest BCUT2D eigenvalue weighted by Gasteiger charge is 2.42. The first-order valence-corrected chi connectivity index (χ1v) is 4.57. The van der Waals surface area contributed by atoms with Gasteiger partial charge in [-0.25, -0.2) is 0 Å². The van der Waals surface area contributed by atoms with Crippen LogP contribution < -0.4 is 5.73 Å². The number of nitrogens with two attached hydrogens (primary N) is 1. The zero-order valence-electron chi connectivity index (χ0n) is 8.21. The second-order valence-corrected chi connectivity index (χ2v) is 3.68. The molecule has 76 valence electrons. The lowest BCUT2D eigenvalue weighted by Gasteiger charge is -2.35. The molecule has 0 heterocycles. The van der Waals surface area contributed by atoms with Crippen LogP contribution >= 0.6 is 0 Å². The molecular weight excluding hydrogens is 170 g/mol. The van der Waals surface area contributed by atoms with Gasteiger partial charge in [0.2, 0.25) is 0 Å². The van der Waals surface area contributed by atoms with Gasteiger partial charge in [-0.05, 0) is 26.2 Å². The quantitative estimate of drug-likeness (QED) is 0.649. The van der Waals surface area contributed by atoms with E-state index >= 15 is 0 Å². The van der Waals surface area contributed by atoms with Crippen LogP contribution in [0.1, 0.15) is 26.2 Å². The van der Waals surface area contributed by atoms with E-state index in [9.17, 15) is 4.79 Å². The summed E-state index contributed by atoms with van der Waals surface area (Å²) < 4.78 is 9.96. The predicted molar refractivity (Wildman–Crippen MR) is 48.2 cm³/mol. The number of hydrogen-bond acceptors (Lipinski definition) is 4. The van der Waals surface area contributed by atoms with E-state index in [1.54, 1.807) is 14.0 Å². The summed E-state index contributed by atoms with van der Waals surface area (Å²) in [5.74, 6) is -0.289. The molecule has 1 unspecified atom stereocenters. The Bertz CT molecular complexity index is 189. The molecule has 1 saturated carbocycles. The van der Waals surface area contributed by atoms with Gasteiger partial charge in [-0.2, -0.15) is 0 Å². The van der Waals surface area contributed by atoms with Crippen LogP contribution in [0.5, 0.6) is 0 Å². The number of methoxy groups -OCH3 is 1. The van der Waals surface area contributed by atoms with Crippen LogP contribution in [0.3, 0.4) is 0 Å². The van der Waals surface area contributed by atoms with Gasteiger partial charge >= 0.3 is 5.97 Å². The van der Waals surface area contributed by atoms with Crippen molar-refractivity contribution in [3.63, 3.8) is 0 Å². The van der Waals surface area contributed by atoms with Crippen molar-refractivity contribution in [2.75, 3.05) is 13.7 Å². The Labute approximate surface area is 78.4 Å². The maximum Gasteiger partial charge on any atom is 0.326 e. The average molecular weight is 187 g/mol. The van der Waals surface area contributed by atoms with Crippen molar-refractivity contribution in [3.8, 4) is 0 Å². The molecule has 0 aliphatic heterocycles. The van der Waals surface area contributed by atoms with Gasteiger partial charge in [-0.3, -0.25) is 4.79 Å². The molecule has 0 saturated heterocycles. The van der Waals surface area contributed by atoms with Crippen molar-refractivity contribution >= 4 is 5.97 Å². The predicted octanol–water partition coefficient (Wildman–Crippen LogP) is 0.446. The maximum atomic E-state index is 11.4. The number of rotatable bonds is 4. The third-order valence-corrected chi connectivity index (χ3v) is 2.36. The van der Waals surface area contributed by atoms with Crippen molar-refractivity contribution in [2.24, 2.45) is 5.73 Å². The first kappa shape index (κ1) is 10.5. The number of carbonyl (C=O) groups is 1. The third kappa shape index (κ3) is 2.42. The molecule has 0 spiro atoms. The van der Waals surface area contributed by atoms with Crippen molar-refractivity contribution < 1.29 is 14.3 Å². The normalized spacial score (nSPS) is 21.8. The molecule has 1 atom stereocenters. The van der Waals surface area contributed by atoms with Crippen molar-refractivity contribution in [1.29, 1.82) is 0 Å². The minimum atomic E-state index is -0.706. The molecule has 4 nitrogen and oxygen atoms in total. The lowest BCUT2D eigenvalue weighted by Crippen LogP contribution is -2.55. The molecule has 1 fully saturated rings. The van der Waals surface area contributed by atoms with Crippen LogP contribution in [-0.4, -0.2) is 31.3 Å². The Balaban J connectivity index is 2.32. The Kier molecular flexibility index (Phi) is 3.27. The van der Waals surface area contributed by atoms with E-state index in [2.05, 4.69) is 0 Å². The smallest absolute Gasteiger partial charge is 0.326 e. The van der Waals surface area contributed by atoms with E-state index in [4.69, 9.17) is 15.2 Å². The molecule has 1 rings (SSSR count). The van der Waals surface area contributed by atoms with Gasteiger partial charge in [0.15, 0.2) is 0 Å². The van der Waals surface area contributed by atoms with E-state index in [1.807, 2.05) is 0 Å². The van der Waals surface area contributed by atoms with Gasteiger partial charge in [0.25, 0.3) is 0 Å². The standard InChI is InChI=1S/C9H17NO3/c1-7(6-12-2)13-8(11)9(10)4-3-5-9/h7H,3-6,10H2,1-2H3. The fourth-order valence-electron chi connectivity index (χ4n) is 1.33. The molecule has 0 radical (unpaired) electrons. The monoisotopic (exact) mass is 187 g/mol. The molecule has 13 heavy (non-hydrogen) atoms. The van der Waals surface area contributed by atoms with Crippen molar-refractivity contribution in [3.05, 3.63) is 0 Å². The minimum Gasteiger partial charge on any atom is -0.459 e. The number of hydrogen-bond donors (Lipinski definition) is 1. The highest BCUT2D eigenvalue weighted by Crippen LogP contribution is 2.30. The molecule has 1 aliphatic carbocycles. The van der Waals surface area contributed by atoms with E-state index in [0.717, 1.165) is 19.3 Å². The molecule has 1 aliphatic rings. The molecular formula is C9H17NO3. The summed E-state index contributed by atoms with van der Waals surface area (Å²) in [6, 6.07) is 0. The van der Waals surface area contributed by atoms with E-state index < -0.39 is 5.54 Å². The van der Waals surface area contributed by atoms with Crippen LogP contribution in [0, 0.1) is 0 Å². The lowest BCUT2D eigenvalue weighted by molar-refractivity contribution is -0.160. The Morgan fingerprint density at radius 2 is 2.23 bits per heavy atom. The summed E-state index contributed by atoms with van der Waals surface area (Å²) in [5.41, 5.74) is 5.07. The van der Waals surface area contributed by atoms with Gasteiger partial charge in [-0.15, -0.1) is 0 Å². The topological polar surface area (TPSA) is 61.5 Å². The summed E-state index contributed by atoms with van der Waals surface area (Å²) in [6.45, 7) is 2.21. The van der Waals surface area contributed by atoms with Crippen LogP contribution in [-0.2, 0) is 14.3 Å². The molecule has 4 heteroatoms. The second-order valence-electron chi connectivity index (χ2n) is 3.68. The molecule has 0 aromatic rings. The number of esters is 1. The first-order valence-electron chi connectivity index (χ1n) is 4.57. The highest BCUT2D eigenvalue weighted by molar-refractivity contribution is 5.81. The third-order valence-electron chi connectivity index (χ3n) is 2.36. The summed E-state index contributed by atoms with van der Waals surface area (Å²) >= 11 is 0. The Morgan fingerprint density at radius 3 is 2.62 bits per heavy atom. The maximum absolute atomic E-state index is 11.4. The van der Waals surface area contributed by atoms with Gasteiger partial charge < -0.3 is 15.2 Å². The van der Waals surface area contributed by atoms with Crippen LogP contribution in [0.15, 0.2) is 0 Å². The summed E-state index contributed by atoms with van der Waals surface area (Å²) in [5, 5.41) is 0. The summed E-state index contributed by atoms with van der Waals surface area (Å²) in [4.78, 5) is 11.4. The second kappa shape index (κ2) is 4.07. The van der Waals surface area contributed by atoms with Crippen LogP contribution in [0.25, 0.3) is 0 Å². The molecule has 0 bridgehead atoms. The molecule has 0 amide bonds. The SMILES string of the molecule is COCC(C)OC(=O)C1(N)CCC1. The van der Waals surface area contributed by atoms with E-state index in [-0.39, 0.29) is 12.1 Å². The Morgan fingerprint density at radius 1 is 1.62 bits per heavy atom. The van der Waals surface area contributed by atoms with Gasteiger partial charge in [-0.1, -0.05) is 0 Å². The molecule has 2 N–H and O–H groups in total. The fraction of sp³-hybridized carbons (Fsp3) is 0.889. The zero-order valence-corrected chi connectivity index (χ0v) is 8.21. The fourth-order valence-corrected chi connectivity index (χ4v) is 1.33. The van der Waals surface area contributed by atoms with Crippen molar-refractivity contribution in [2.45, 2.75) is 37.8 Å². The van der Waals surface area contributed by atoms with E-state index in [0.29, 0.717) is 6.61 Å². The highest BCUT2D eigenvalue weighted by atomic mass is 16.6. The minimum absolute atomic E-state index is 0.210. The summed E-state index contributed by atoms with van der Waals surface area (Å²) in [7, 11) is 1.58. The van der Waals surface area contributed by atoms with Gasteiger partial charge in [0, 0.05) is 7.11 Å². The number of ether oxygens (including phenoxy) is 2. The van der Waals surface area contributed by atoms with Gasteiger partial charge in [0.1, 0.15) is 11.6 Å².